The molecular formula is C8H10N6. The molecule has 0 aliphatic heterocycles. The van der Waals surface area contributed by atoms with Crippen molar-refractivity contribution in [2.24, 2.45) is 0 Å². The number of tetrazole rings is 1. The Balaban J connectivity index is 2.41. The largest absolute Gasteiger partial charge is 0.376 e. The highest BCUT2D eigenvalue weighted by atomic mass is 15.5. The minimum Gasteiger partial charge on any atom is -0.376 e. The van der Waals surface area contributed by atoms with Crippen LogP contribution in [0.5, 0.6) is 0 Å². The van der Waals surface area contributed by atoms with Crippen LogP contribution in [0.2, 0.25) is 0 Å². The van der Waals surface area contributed by atoms with Crippen LogP contribution in [0.4, 0.5) is 5.69 Å². The summed E-state index contributed by atoms with van der Waals surface area (Å²) in [5.41, 5.74) is 1.86. The molecule has 14 heavy (non-hydrogen) atoms. The van der Waals surface area contributed by atoms with Crippen molar-refractivity contribution in [3.8, 4) is 11.4 Å². The molecule has 6 nitrogen and oxygen atoms in total. The number of pyridine rings is 1. The molecule has 2 rings (SSSR count). The summed E-state index contributed by atoms with van der Waals surface area (Å²) < 4.78 is 0. The lowest BCUT2D eigenvalue weighted by Crippen LogP contribution is -2.08. The third kappa shape index (κ3) is 1.54. The van der Waals surface area contributed by atoms with Gasteiger partial charge in [0.25, 0.3) is 0 Å². The van der Waals surface area contributed by atoms with Crippen molar-refractivity contribution in [2.75, 3.05) is 19.0 Å². The molecule has 0 aliphatic carbocycles. The second-order valence-corrected chi connectivity index (χ2v) is 3.06. The van der Waals surface area contributed by atoms with Gasteiger partial charge in [0, 0.05) is 25.9 Å². The maximum atomic E-state index is 4.10. The predicted molar refractivity (Wildman–Crippen MR) is 51.7 cm³/mol. The van der Waals surface area contributed by atoms with Gasteiger partial charge in [-0.3, -0.25) is 4.98 Å². The lowest BCUT2D eigenvalue weighted by Gasteiger charge is -2.11. The molecule has 6 heteroatoms. The average Bonchev–Trinajstić information content (AvgIpc) is 2.71. The van der Waals surface area contributed by atoms with E-state index in [1.54, 1.807) is 12.4 Å². The number of nitrogens with one attached hydrogen (secondary N) is 1. The Labute approximate surface area is 81.0 Å². The Bertz CT molecular complexity index is 408. The summed E-state index contributed by atoms with van der Waals surface area (Å²) in [6.45, 7) is 0. The molecule has 0 amide bonds. The summed E-state index contributed by atoms with van der Waals surface area (Å²) >= 11 is 0. The molecule has 0 saturated heterocycles. The second-order valence-electron chi connectivity index (χ2n) is 3.06. The van der Waals surface area contributed by atoms with E-state index in [1.165, 1.54) is 0 Å². The van der Waals surface area contributed by atoms with E-state index < -0.39 is 0 Å². The molecular weight excluding hydrogens is 180 g/mol. The van der Waals surface area contributed by atoms with Gasteiger partial charge in [0.1, 0.15) is 0 Å². The number of hydrogen-bond donors (Lipinski definition) is 1. The highest BCUT2D eigenvalue weighted by Gasteiger charge is 2.04. The molecule has 0 fully saturated rings. The lowest BCUT2D eigenvalue weighted by atomic mass is 10.2. The van der Waals surface area contributed by atoms with Gasteiger partial charge in [-0.1, -0.05) is 0 Å². The monoisotopic (exact) mass is 190 g/mol. The minimum absolute atomic E-state index is 0.557. The molecule has 0 spiro atoms. The molecule has 0 aromatic carbocycles. The second kappa shape index (κ2) is 3.41. The standard InChI is InChI=1S/C8H10N6/c1-14(2)7-3-6(4-9-5-7)8-10-12-13-11-8/h3-5H,1-2H3,(H,10,11,12,13). The normalized spacial score (nSPS) is 10.1. The van der Waals surface area contributed by atoms with Crippen molar-refractivity contribution in [3.63, 3.8) is 0 Å². The van der Waals surface area contributed by atoms with Crippen LogP contribution in [0.25, 0.3) is 11.4 Å². The predicted octanol–water partition coefficient (Wildman–Crippen LogP) is 0.328. The Kier molecular flexibility index (Phi) is 2.10. The van der Waals surface area contributed by atoms with Crippen LogP contribution in [-0.4, -0.2) is 39.7 Å². The summed E-state index contributed by atoms with van der Waals surface area (Å²) in [4.78, 5) is 6.07. The first-order valence-corrected chi connectivity index (χ1v) is 4.13. The fourth-order valence-corrected chi connectivity index (χ4v) is 1.08. The first kappa shape index (κ1) is 8.61. The molecule has 0 saturated carbocycles. The first-order valence-electron chi connectivity index (χ1n) is 4.13. The Morgan fingerprint density at radius 3 is 2.79 bits per heavy atom. The Hall–Kier alpha value is -1.98. The van der Waals surface area contributed by atoms with Gasteiger partial charge in [0.05, 0.1) is 11.9 Å². The van der Waals surface area contributed by atoms with E-state index in [1.807, 2.05) is 25.1 Å². The van der Waals surface area contributed by atoms with E-state index in [2.05, 4.69) is 25.6 Å². The number of rotatable bonds is 2. The van der Waals surface area contributed by atoms with Crippen LogP contribution in [0.1, 0.15) is 0 Å². The molecule has 0 atom stereocenters. The van der Waals surface area contributed by atoms with Gasteiger partial charge in [-0.15, -0.1) is 10.2 Å². The van der Waals surface area contributed by atoms with E-state index in [4.69, 9.17) is 0 Å². The van der Waals surface area contributed by atoms with Crippen molar-refractivity contribution in [3.05, 3.63) is 18.5 Å². The zero-order valence-electron chi connectivity index (χ0n) is 7.97. The van der Waals surface area contributed by atoms with Crippen LogP contribution >= 0.6 is 0 Å². The first-order chi connectivity index (χ1) is 6.77. The van der Waals surface area contributed by atoms with Crippen LogP contribution in [0.15, 0.2) is 18.5 Å². The van der Waals surface area contributed by atoms with E-state index >= 15 is 0 Å². The Morgan fingerprint density at radius 2 is 2.14 bits per heavy atom. The summed E-state index contributed by atoms with van der Waals surface area (Å²) in [5, 5.41) is 13.7. The summed E-state index contributed by atoms with van der Waals surface area (Å²) in [6, 6.07) is 1.96. The van der Waals surface area contributed by atoms with E-state index in [-0.39, 0.29) is 0 Å². The van der Waals surface area contributed by atoms with Gasteiger partial charge in [0.15, 0.2) is 0 Å². The molecule has 2 aromatic heterocycles. The van der Waals surface area contributed by atoms with Crippen LogP contribution in [0.3, 0.4) is 0 Å². The van der Waals surface area contributed by atoms with Crippen LogP contribution in [0, 0.1) is 0 Å². The number of aromatic nitrogens is 5. The SMILES string of the molecule is CN(C)c1cncc(-c2nn[nH]n2)c1. The molecule has 0 aliphatic rings. The quantitative estimate of drug-likeness (QED) is 0.738. The fourth-order valence-electron chi connectivity index (χ4n) is 1.08. The number of anilines is 1. The average molecular weight is 190 g/mol. The summed E-state index contributed by atoms with van der Waals surface area (Å²) in [7, 11) is 3.91. The maximum Gasteiger partial charge on any atom is 0.206 e. The number of hydrogen-bond acceptors (Lipinski definition) is 5. The summed E-state index contributed by atoms with van der Waals surface area (Å²) in [6.07, 6.45) is 3.49. The Morgan fingerprint density at radius 1 is 1.29 bits per heavy atom. The van der Waals surface area contributed by atoms with E-state index in [9.17, 15) is 0 Å². The smallest absolute Gasteiger partial charge is 0.206 e. The van der Waals surface area contributed by atoms with Crippen LogP contribution in [-0.2, 0) is 0 Å². The van der Waals surface area contributed by atoms with Crippen molar-refractivity contribution in [1.29, 1.82) is 0 Å². The van der Waals surface area contributed by atoms with Gasteiger partial charge in [-0.25, -0.2) is 0 Å². The third-order valence-electron chi connectivity index (χ3n) is 1.84. The van der Waals surface area contributed by atoms with Crippen LogP contribution < -0.4 is 4.90 Å². The van der Waals surface area contributed by atoms with Crippen molar-refractivity contribution >= 4 is 5.69 Å². The molecule has 2 aromatic rings. The van der Waals surface area contributed by atoms with Crippen molar-refractivity contribution in [2.45, 2.75) is 0 Å². The zero-order valence-corrected chi connectivity index (χ0v) is 7.97. The molecule has 0 bridgehead atoms. The summed E-state index contributed by atoms with van der Waals surface area (Å²) in [5.74, 6) is 0.557. The van der Waals surface area contributed by atoms with Gasteiger partial charge in [-0.05, 0) is 11.3 Å². The van der Waals surface area contributed by atoms with Gasteiger partial charge < -0.3 is 4.90 Å². The van der Waals surface area contributed by atoms with Gasteiger partial charge in [-0.2, -0.15) is 5.21 Å². The molecule has 0 radical (unpaired) electrons. The van der Waals surface area contributed by atoms with Gasteiger partial charge >= 0.3 is 0 Å². The maximum absolute atomic E-state index is 4.10. The third-order valence-corrected chi connectivity index (χ3v) is 1.84. The lowest BCUT2D eigenvalue weighted by molar-refractivity contribution is 0.881. The van der Waals surface area contributed by atoms with Gasteiger partial charge in [0.2, 0.25) is 5.82 Å². The highest BCUT2D eigenvalue weighted by Crippen LogP contribution is 2.17. The zero-order chi connectivity index (χ0) is 9.97. The topological polar surface area (TPSA) is 70.6 Å². The minimum atomic E-state index is 0.557. The molecule has 0 unspecified atom stereocenters. The highest BCUT2D eigenvalue weighted by molar-refractivity contribution is 5.60. The van der Waals surface area contributed by atoms with Crippen molar-refractivity contribution < 1.29 is 0 Å². The number of nitrogens with zero attached hydrogens (tertiary/aromatic N) is 5. The molecule has 1 N–H and O–H groups in total. The van der Waals surface area contributed by atoms with Crippen molar-refractivity contribution in [1.82, 2.24) is 25.6 Å². The number of H-pyrrole nitrogens is 1. The molecule has 72 valence electrons. The number of aromatic amines is 1. The van der Waals surface area contributed by atoms with E-state index in [0.29, 0.717) is 5.82 Å². The molecule has 2 heterocycles. The van der Waals surface area contributed by atoms with E-state index in [0.717, 1.165) is 11.3 Å². The fraction of sp³-hybridized carbons (Fsp3) is 0.250.